The van der Waals surface area contributed by atoms with Gasteiger partial charge in [-0.2, -0.15) is 0 Å². The summed E-state index contributed by atoms with van der Waals surface area (Å²) in [6, 6.07) is 5.41. The third-order valence-corrected chi connectivity index (χ3v) is 6.61. The number of piperidine rings is 2. The Hall–Kier alpha value is -2.15. The Kier molecular flexibility index (Phi) is 7.24. The first-order chi connectivity index (χ1) is 14.6. The van der Waals surface area contributed by atoms with E-state index in [-0.39, 0.29) is 5.91 Å². The molecule has 1 atom stereocenters. The average Bonchev–Trinajstić information content (AvgIpc) is 2.73. The summed E-state index contributed by atoms with van der Waals surface area (Å²) < 4.78 is 5.44. The minimum atomic E-state index is -1.27. The first-order valence-electron chi connectivity index (χ1n) is 11.5. The van der Waals surface area contributed by atoms with Crippen molar-refractivity contribution in [2.45, 2.75) is 64.5 Å². The van der Waals surface area contributed by atoms with Crippen molar-refractivity contribution in [3.8, 4) is 0 Å². The molecule has 2 amide bonds. The first-order valence-corrected chi connectivity index (χ1v) is 11.5. The molecule has 2 aliphatic heterocycles. The summed E-state index contributed by atoms with van der Waals surface area (Å²) in [6.07, 6.45) is 5.57. The van der Waals surface area contributed by atoms with Crippen molar-refractivity contribution in [1.29, 1.82) is 0 Å². The van der Waals surface area contributed by atoms with E-state index in [9.17, 15) is 9.59 Å². The van der Waals surface area contributed by atoms with Gasteiger partial charge < -0.3 is 19.9 Å². The van der Waals surface area contributed by atoms with Crippen LogP contribution >= 0.6 is 0 Å². The van der Waals surface area contributed by atoms with E-state index >= 15 is 0 Å². The second-order valence-electron chi connectivity index (χ2n) is 10.2. The molecule has 2 saturated heterocycles. The Labute approximate surface area is 186 Å². The quantitative estimate of drug-likeness (QED) is 0.792. The number of hydrogen-bond donors (Lipinski definition) is 1. The van der Waals surface area contributed by atoms with E-state index in [4.69, 9.17) is 4.74 Å². The van der Waals surface area contributed by atoms with Gasteiger partial charge in [0.2, 0.25) is 0 Å². The first kappa shape index (κ1) is 23.5. The molecule has 0 bridgehead atoms. The van der Waals surface area contributed by atoms with Crippen LogP contribution in [-0.4, -0.2) is 65.6 Å². The van der Waals surface area contributed by atoms with E-state index in [0.29, 0.717) is 24.7 Å². The van der Waals surface area contributed by atoms with Crippen molar-refractivity contribution in [2.75, 3.05) is 33.2 Å². The molecule has 2 fully saturated rings. The lowest BCUT2D eigenvalue weighted by Crippen LogP contribution is -2.58. The van der Waals surface area contributed by atoms with E-state index in [1.54, 1.807) is 46.0 Å². The number of aromatic nitrogens is 1. The Morgan fingerprint density at radius 1 is 1.00 bits per heavy atom. The molecule has 0 spiro atoms. The van der Waals surface area contributed by atoms with E-state index in [1.165, 1.54) is 25.9 Å². The maximum Gasteiger partial charge on any atom is 0.408 e. The second-order valence-corrected chi connectivity index (χ2v) is 10.2. The van der Waals surface area contributed by atoms with Gasteiger partial charge in [0, 0.05) is 19.3 Å². The largest absolute Gasteiger partial charge is 0.444 e. The second kappa shape index (κ2) is 9.55. The van der Waals surface area contributed by atoms with Crippen molar-refractivity contribution in [2.24, 2.45) is 11.8 Å². The van der Waals surface area contributed by atoms with E-state index < -0.39 is 17.2 Å². The van der Waals surface area contributed by atoms with Crippen LogP contribution in [0.25, 0.3) is 0 Å². The molecule has 0 unspecified atom stereocenters. The van der Waals surface area contributed by atoms with Crippen LogP contribution in [0.2, 0.25) is 0 Å². The summed E-state index contributed by atoms with van der Waals surface area (Å²) in [6.45, 7) is 10.9. The SMILES string of the molecule is CN1CCC(C2CCN(C(=O)[C@](C)(NC(=O)OC(C)(C)C)c3ccccn3)CC2)CC1. The zero-order chi connectivity index (χ0) is 22.6. The normalized spacial score (nSPS) is 21.4. The molecule has 3 heterocycles. The fourth-order valence-electron chi connectivity index (χ4n) is 4.78. The highest BCUT2D eigenvalue weighted by Gasteiger charge is 2.43. The van der Waals surface area contributed by atoms with Crippen molar-refractivity contribution in [3.63, 3.8) is 0 Å². The van der Waals surface area contributed by atoms with Crippen LogP contribution < -0.4 is 5.32 Å². The molecule has 0 saturated carbocycles. The summed E-state index contributed by atoms with van der Waals surface area (Å²) in [4.78, 5) is 34.9. The topological polar surface area (TPSA) is 74.8 Å². The highest BCUT2D eigenvalue weighted by atomic mass is 16.6. The van der Waals surface area contributed by atoms with Gasteiger partial charge in [-0.1, -0.05) is 6.07 Å². The maximum atomic E-state index is 13.7. The van der Waals surface area contributed by atoms with Gasteiger partial charge >= 0.3 is 6.09 Å². The number of nitrogens with zero attached hydrogens (tertiary/aromatic N) is 3. The van der Waals surface area contributed by atoms with Crippen LogP contribution in [0, 0.1) is 11.8 Å². The van der Waals surface area contributed by atoms with Crippen LogP contribution in [0.15, 0.2) is 24.4 Å². The highest BCUT2D eigenvalue weighted by molar-refractivity contribution is 5.90. The summed E-state index contributed by atoms with van der Waals surface area (Å²) in [5.41, 5.74) is -1.41. The summed E-state index contributed by atoms with van der Waals surface area (Å²) >= 11 is 0. The number of rotatable bonds is 4. The van der Waals surface area contributed by atoms with Crippen molar-refractivity contribution >= 4 is 12.0 Å². The molecule has 3 rings (SSSR count). The number of amides is 2. The zero-order valence-electron chi connectivity index (χ0n) is 19.7. The Morgan fingerprint density at radius 2 is 1.58 bits per heavy atom. The summed E-state index contributed by atoms with van der Waals surface area (Å²) in [5, 5.41) is 2.82. The number of pyridine rings is 1. The number of ether oxygens (including phenoxy) is 1. The molecule has 172 valence electrons. The Morgan fingerprint density at radius 3 is 2.10 bits per heavy atom. The summed E-state index contributed by atoms with van der Waals surface area (Å²) in [7, 11) is 2.19. The van der Waals surface area contributed by atoms with Crippen LogP contribution in [0.5, 0.6) is 0 Å². The van der Waals surface area contributed by atoms with Gasteiger partial charge in [0.25, 0.3) is 5.91 Å². The molecule has 7 nitrogen and oxygen atoms in total. The van der Waals surface area contributed by atoms with Crippen LogP contribution in [0.3, 0.4) is 0 Å². The van der Waals surface area contributed by atoms with Gasteiger partial charge in [-0.15, -0.1) is 0 Å². The standard InChI is InChI=1S/C24H38N4O3/c1-23(2,3)31-22(30)26-24(4,20-8-6-7-13-25-20)21(29)28-16-11-19(12-17-28)18-9-14-27(5)15-10-18/h6-8,13,18-19H,9-12,14-17H2,1-5H3,(H,26,30)/t24-/m1/s1. The molecule has 0 aromatic carbocycles. The third kappa shape index (κ3) is 5.97. The smallest absolute Gasteiger partial charge is 0.408 e. The molecule has 0 radical (unpaired) electrons. The highest BCUT2D eigenvalue weighted by Crippen LogP contribution is 2.33. The number of carbonyl (C=O) groups is 2. The number of carbonyl (C=O) groups excluding carboxylic acids is 2. The van der Waals surface area contributed by atoms with Crippen molar-refractivity contribution < 1.29 is 14.3 Å². The average molecular weight is 431 g/mol. The van der Waals surface area contributed by atoms with Crippen LogP contribution in [0.1, 0.15) is 59.1 Å². The zero-order valence-corrected chi connectivity index (χ0v) is 19.7. The monoisotopic (exact) mass is 430 g/mol. The predicted octanol–water partition coefficient (Wildman–Crippen LogP) is 3.40. The Bertz CT molecular complexity index is 748. The molecule has 7 heteroatoms. The fraction of sp³-hybridized carbons (Fsp3) is 0.708. The molecular weight excluding hydrogens is 392 g/mol. The lowest BCUT2D eigenvalue weighted by molar-refractivity contribution is -0.140. The van der Waals surface area contributed by atoms with Crippen molar-refractivity contribution in [1.82, 2.24) is 20.1 Å². The van der Waals surface area contributed by atoms with Crippen molar-refractivity contribution in [3.05, 3.63) is 30.1 Å². The van der Waals surface area contributed by atoms with Gasteiger partial charge in [0.15, 0.2) is 5.54 Å². The third-order valence-electron chi connectivity index (χ3n) is 6.61. The number of likely N-dealkylation sites (tertiary alicyclic amines) is 2. The van der Waals surface area contributed by atoms with E-state index in [2.05, 4.69) is 22.2 Å². The fourth-order valence-corrected chi connectivity index (χ4v) is 4.78. The molecule has 1 aromatic heterocycles. The predicted molar refractivity (Wildman–Crippen MR) is 120 cm³/mol. The molecule has 0 aliphatic carbocycles. The number of alkyl carbamates (subject to hydrolysis) is 1. The van der Waals surface area contributed by atoms with E-state index in [1.807, 2.05) is 11.0 Å². The number of hydrogen-bond acceptors (Lipinski definition) is 5. The molecule has 1 aromatic rings. The Balaban J connectivity index is 1.70. The van der Waals surface area contributed by atoms with Gasteiger partial charge in [-0.3, -0.25) is 9.78 Å². The summed E-state index contributed by atoms with van der Waals surface area (Å²) in [5.74, 6) is 1.31. The molecule has 1 N–H and O–H groups in total. The van der Waals surface area contributed by atoms with E-state index in [0.717, 1.165) is 18.8 Å². The lowest BCUT2D eigenvalue weighted by Gasteiger charge is -2.42. The minimum Gasteiger partial charge on any atom is -0.444 e. The minimum absolute atomic E-state index is 0.126. The van der Waals surface area contributed by atoms with Gasteiger partial charge in [-0.05, 0) is 97.5 Å². The number of nitrogens with one attached hydrogen (secondary N) is 1. The van der Waals surface area contributed by atoms with Gasteiger partial charge in [0.05, 0.1) is 5.69 Å². The maximum absolute atomic E-state index is 13.7. The molecule has 31 heavy (non-hydrogen) atoms. The molecule has 2 aliphatic rings. The van der Waals surface area contributed by atoms with Gasteiger partial charge in [0.1, 0.15) is 5.60 Å². The lowest BCUT2D eigenvalue weighted by atomic mass is 9.78. The van der Waals surface area contributed by atoms with Gasteiger partial charge in [-0.25, -0.2) is 4.79 Å². The molecular formula is C24H38N4O3. The van der Waals surface area contributed by atoms with Crippen LogP contribution in [-0.2, 0) is 15.1 Å². The van der Waals surface area contributed by atoms with Crippen LogP contribution in [0.4, 0.5) is 4.79 Å².